The molecule has 1 fully saturated rings. The van der Waals surface area contributed by atoms with E-state index >= 15 is 0 Å². The number of halogens is 1. The number of carbonyl (C=O) groups excluding carboxylic acids is 1. The second kappa shape index (κ2) is 8.06. The molecular weight excluding hydrogens is 337 g/mol. The highest BCUT2D eigenvalue weighted by Crippen LogP contribution is 2.25. The highest BCUT2D eigenvalue weighted by atomic mass is 32.1. The van der Waals surface area contributed by atoms with E-state index in [-0.39, 0.29) is 11.7 Å². The molecule has 3 rings (SSSR count). The molecule has 25 heavy (non-hydrogen) atoms. The second-order valence-corrected chi connectivity index (χ2v) is 7.36. The summed E-state index contributed by atoms with van der Waals surface area (Å²) < 4.78 is 13.3. The highest BCUT2D eigenvalue weighted by Gasteiger charge is 2.25. The molecular formula is C19H24FN3OS. The van der Waals surface area contributed by atoms with Crippen molar-refractivity contribution >= 4 is 17.2 Å². The fourth-order valence-corrected chi connectivity index (χ4v) is 4.07. The molecule has 0 atom stereocenters. The van der Waals surface area contributed by atoms with Crippen LogP contribution in [0, 0.1) is 5.82 Å². The van der Waals surface area contributed by atoms with E-state index in [0.29, 0.717) is 12.5 Å². The Morgan fingerprint density at radius 2 is 2.16 bits per heavy atom. The van der Waals surface area contributed by atoms with Gasteiger partial charge in [-0.25, -0.2) is 9.37 Å². The topological polar surface area (TPSA) is 36.4 Å². The number of amides is 1. The smallest absolute Gasteiger partial charge is 0.228 e. The fraction of sp³-hybridized carbons (Fsp3) is 0.474. The first kappa shape index (κ1) is 18.0. The molecule has 2 heterocycles. The lowest BCUT2D eigenvalue weighted by atomic mass is 10.0. The lowest BCUT2D eigenvalue weighted by Crippen LogP contribution is -2.45. The first-order chi connectivity index (χ1) is 12.1. The van der Waals surface area contributed by atoms with Crippen LogP contribution in [0.15, 0.2) is 29.6 Å². The van der Waals surface area contributed by atoms with Crippen LogP contribution in [0.1, 0.15) is 25.5 Å². The number of carbonyl (C=O) groups is 1. The maximum Gasteiger partial charge on any atom is 0.228 e. The minimum absolute atomic E-state index is 0.103. The number of benzene rings is 1. The van der Waals surface area contributed by atoms with Gasteiger partial charge in [0.05, 0.1) is 12.1 Å². The molecule has 0 bridgehead atoms. The van der Waals surface area contributed by atoms with Crippen LogP contribution in [0.2, 0.25) is 0 Å². The third kappa shape index (κ3) is 4.44. The summed E-state index contributed by atoms with van der Waals surface area (Å²) in [6.07, 6.45) is 2.36. The Hall–Kier alpha value is -1.79. The Labute approximate surface area is 152 Å². The van der Waals surface area contributed by atoms with E-state index in [4.69, 9.17) is 0 Å². The van der Waals surface area contributed by atoms with Gasteiger partial charge in [0, 0.05) is 37.1 Å². The van der Waals surface area contributed by atoms with E-state index in [2.05, 4.69) is 16.8 Å². The van der Waals surface area contributed by atoms with Crippen molar-refractivity contribution in [2.24, 2.45) is 0 Å². The Morgan fingerprint density at radius 1 is 1.40 bits per heavy atom. The summed E-state index contributed by atoms with van der Waals surface area (Å²) in [5.41, 5.74) is 1.51. The maximum absolute atomic E-state index is 13.3. The minimum Gasteiger partial charge on any atom is -0.342 e. The summed E-state index contributed by atoms with van der Waals surface area (Å²) in [5.74, 6) is -0.172. The first-order valence-electron chi connectivity index (χ1n) is 8.75. The van der Waals surface area contributed by atoms with Crippen LogP contribution < -0.4 is 0 Å². The van der Waals surface area contributed by atoms with Crippen LogP contribution in [0.25, 0.3) is 10.6 Å². The molecule has 0 aliphatic carbocycles. The van der Waals surface area contributed by atoms with Crippen molar-refractivity contribution < 1.29 is 9.18 Å². The van der Waals surface area contributed by atoms with Crippen molar-refractivity contribution in [2.45, 2.75) is 32.2 Å². The molecule has 134 valence electrons. The van der Waals surface area contributed by atoms with Crippen LogP contribution in [0.4, 0.5) is 4.39 Å². The molecule has 1 aliphatic heterocycles. The summed E-state index contributed by atoms with van der Waals surface area (Å²) in [4.78, 5) is 21.4. The van der Waals surface area contributed by atoms with Gasteiger partial charge < -0.3 is 9.80 Å². The SMILES string of the molecule is CCN1CCC(N(C)C(=O)Cc2csc(-c3cccc(F)c3)n2)CC1. The average Bonchev–Trinajstić information content (AvgIpc) is 3.09. The number of aromatic nitrogens is 1. The maximum atomic E-state index is 13.3. The van der Waals surface area contributed by atoms with Crippen molar-refractivity contribution in [1.29, 1.82) is 0 Å². The van der Waals surface area contributed by atoms with E-state index in [1.165, 1.54) is 23.5 Å². The molecule has 1 aromatic heterocycles. The zero-order valence-electron chi connectivity index (χ0n) is 14.7. The number of rotatable bonds is 5. The molecule has 0 N–H and O–H groups in total. The van der Waals surface area contributed by atoms with Crippen molar-refractivity contribution in [2.75, 3.05) is 26.7 Å². The number of thiazole rings is 1. The summed E-state index contributed by atoms with van der Waals surface area (Å²) >= 11 is 1.45. The number of likely N-dealkylation sites (tertiary alicyclic amines) is 1. The average molecular weight is 361 g/mol. The second-order valence-electron chi connectivity index (χ2n) is 6.50. The highest BCUT2D eigenvalue weighted by molar-refractivity contribution is 7.13. The van der Waals surface area contributed by atoms with Crippen molar-refractivity contribution in [3.63, 3.8) is 0 Å². The molecule has 4 nitrogen and oxygen atoms in total. The van der Waals surface area contributed by atoms with Crippen LogP contribution in [0.3, 0.4) is 0 Å². The Balaban J connectivity index is 1.60. The van der Waals surface area contributed by atoms with Gasteiger partial charge in [-0.3, -0.25) is 4.79 Å². The molecule has 1 aromatic carbocycles. The van der Waals surface area contributed by atoms with Gasteiger partial charge >= 0.3 is 0 Å². The van der Waals surface area contributed by atoms with Crippen molar-refractivity contribution in [3.05, 3.63) is 41.2 Å². The van der Waals surface area contributed by atoms with Crippen LogP contribution in [-0.4, -0.2) is 53.4 Å². The van der Waals surface area contributed by atoms with E-state index in [0.717, 1.165) is 48.7 Å². The molecule has 1 aliphatic rings. The number of nitrogens with zero attached hydrogens (tertiary/aromatic N) is 3. The third-order valence-corrected chi connectivity index (χ3v) is 5.84. The summed E-state index contributed by atoms with van der Waals surface area (Å²) in [7, 11) is 1.90. The van der Waals surface area contributed by atoms with E-state index in [1.807, 2.05) is 23.4 Å². The molecule has 0 saturated carbocycles. The van der Waals surface area contributed by atoms with Crippen LogP contribution in [0.5, 0.6) is 0 Å². The quantitative estimate of drug-likeness (QED) is 0.819. The third-order valence-electron chi connectivity index (χ3n) is 4.90. The van der Waals surface area contributed by atoms with Crippen LogP contribution >= 0.6 is 11.3 Å². The van der Waals surface area contributed by atoms with Crippen LogP contribution in [-0.2, 0) is 11.2 Å². The predicted octanol–water partition coefficient (Wildman–Crippen LogP) is 3.43. The molecule has 0 unspecified atom stereocenters. The lowest BCUT2D eigenvalue weighted by Gasteiger charge is -2.36. The Kier molecular flexibility index (Phi) is 5.81. The van der Waals surface area contributed by atoms with Gasteiger partial charge in [-0.1, -0.05) is 19.1 Å². The minimum atomic E-state index is -0.275. The Morgan fingerprint density at radius 3 is 2.84 bits per heavy atom. The molecule has 6 heteroatoms. The van der Waals surface area contributed by atoms with Crippen molar-refractivity contribution in [1.82, 2.24) is 14.8 Å². The summed E-state index contributed by atoms with van der Waals surface area (Å²) in [6.45, 7) is 5.36. The van der Waals surface area contributed by atoms with Gasteiger partial charge in [0.1, 0.15) is 10.8 Å². The van der Waals surface area contributed by atoms with Gasteiger partial charge in [0.15, 0.2) is 0 Å². The van der Waals surface area contributed by atoms with E-state index < -0.39 is 0 Å². The van der Waals surface area contributed by atoms with Gasteiger partial charge in [0.25, 0.3) is 0 Å². The normalized spacial score (nSPS) is 16.1. The van der Waals surface area contributed by atoms with E-state index in [1.54, 1.807) is 6.07 Å². The number of hydrogen-bond acceptors (Lipinski definition) is 4. The summed E-state index contributed by atoms with van der Waals surface area (Å²) in [6, 6.07) is 6.71. The predicted molar refractivity (Wildman–Crippen MR) is 99.1 cm³/mol. The van der Waals surface area contributed by atoms with Crippen molar-refractivity contribution in [3.8, 4) is 10.6 Å². The molecule has 2 aromatic rings. The first-order valence-corrected chi connectivity index (χ1v) is 9.63. The van der Waals surface area contributed by atoms with Gasteiger partial charge in [-0.2, -0.15) is 0 Å². The molecule has 0 radical (unpaired) electrons. The molecule has 1 saturated heterocycles. The zero-order valence-corrected chi connectivity index (χ0v) is 15.6. The largest absolute Gasteiger partial charge is 0.342 e. The van der Waals surface area contributed by atoms with Gasteiger partial charge in [-0.15, -0.1) is 11.3 Å². The number of likely N-dealkylation sites (N-methyl/N-ethyl adjacent to an activating group) is 1. The van der Waals surface area contributed by atoms with Gasteiger partial charge in [-0.05, 0) is 31.5 Å². The monoisotopic (exact) mass is 361 g/mol. The number of hydrogen-bond donors (Lipinski definition) is 0. The molecule has 0 spiro atoms. The van der Waals surface area contributed by atoms with E-state index in [9.17, 15) is 9.18 Å². The Bertz CT molecular complexity index is 725. The lowest BCUT2D eigenvalue weighted by molar-refractivity contribution is -0.132. The van der Waals surface area contributed by atoms with Gasteiger partial charge in [0.2, 0.25) is 5.91 Å². The standard InChI is InChI=1S/C19H24FN3OS/c1-3-23-9-7-17(8-10-23)22(2)18(24)12-16-13-25-19(21-16)14-5-4-6-15(20)11-14/h4-6,11,13,17H,3,7-10,12H2,1-2H3. The fourth-order valence-electron chi connectivity index (χ4n) is 3.25. The molecule has 1 amide bonds. The summed E-state index contributed by atoms with van der Waals surface area (Å²) in [5, 5.41) is 2.65. The number of piperidine rings is 1. The zero-order chi connectivity index (χ0) is 17.8.